The molecule has 1 aliphatic rings. The van der Waals surface area contributed by atoms with Crippen molar-refractivity contribution in [3.05, 3.63) is 65.2 Å². The summed E-state index contributed by atoms with van der Waals surface area (Å²) in [5, 5.41) is 19.2. The molecule has 1 aliphatic heterocycles. The highest BCUT2D eigenvalue weighted by Crippen LogP contribution is 2.42. The van der Waals surface area contributed by atoms with Crippen molar-refractivity contribution >= 4 is 28.3 Å². The standard InChI is InChI=1S/C19H15FN2O3S/c1-19(2)17(23)16(14-9-11(10-21)3-8-15(14)25-19)18(24)26-22-13-6-4-12(20)5-7-13/h3-9,22-23H,1-2H3. The molecule has 0 radical (unpaired) electrons. The topological polar surface area (TPSA) is 82.3 Å². The van der Waals surface area contributed by atoms with Crippen LogP contribution in [-0.4, -0.2) is 15.8 Å². The van der Waals surface area contributed by atoms with E-state index in [-0.39, 0.29) is 17.1 Å². The summed E-state index contributed by atoms with van der Waals surface area (Å²) >= 11 is 0.756. The number of hydrogen-bond acceptors (Lipinski definition) is 6. The number of ether oxygens (including phenoxy) is 1. The second kappa shape index (κ2) is 6.73. The molecule has 0 atom stereocenters. The van der Waals surface area contributed by atoms with Crippen LogP contribution >= 0.6 is 11.9 Å². The maximum Gasteiger partial charge on any atom is 0.243 e. The van der Waals surface area contributed by atoms with Crippen molar-refractivity contribution in [3.63, 3.8) is 0 Å². The predicted octanol–water partition coefficient (Wildman–Crippen LogP) is 4.42. The molecule has 3 rings (SSSR count). The molecule has 26 heavy (non-hydrogen) atoms. The monoisotopic (exact) mass is 370 g/mol. The van der Waals surface area contributed by atoms with Gasteiger partial charge in [0.1, 0.15) is 17.3 Å². The first-order chi connectivity index (χ1) is 12.3. The Bertz CT molecular complexity index is 946. The van der Waals surface area contributed by atoms with Gasteiger partial charge in [-0.15, -0.1) is 0 Å². The Balaban J connectivity index is 1.94. The summed E-state index contributed by atoms with van der Waals surface area (Å²) in [6.07, 6.45) is 0. The number of aliphatic hydroxyl groups is 1. The van der Waals surface area contributed by atoms with Gasteiger partial charge < -0.3 is 14.6 Å². The molecule has 1 heterocycles. The Morgan fingerprint density at radius 2 is 1.96 bits per heavy atom. The highest BCUT2D eigenvalue weighted by Gasteiger charge is 2.38. The fourth-order valence-corrected chi connectivity index (χ4v) is 3.17. The summed E-state index contributed by atoms with van der Waals surface area (Å²) in [6.45, 7) is 3.30. The molecule has 7 heteroatoms. The minimum atomic E-state index is -1.08. The first-order valence-corrected chi connectivity index (χ1v) is 8.53. The van der Waals surface area contributed by atoms with Crippen molar-refractivity contribution in [3.8, 4) is 11.8 Å². The van der Waals surface area contributed by atoms with E-state index >= 15 is 0 Å². The molecule has 0 fully saturated rings. The van der Waals surface area contributed by atoms with Gasteiger partial charge in [-0.2, -0.15) is 5.26 Å². The van der Waals surface area contributed by atoms with E-state index in [0.717, 1.165) is 11.9 Å². The van der Waals surface area contributed by atoms with Crippen LogP contribution in [0, 0.1) is 17.1 Å². The Labute approximate surface area is 154 Å². The second-order valence-corrected chi connectivity index (χ2v) is 6.94. The number of aliphatic hydroxyl groups excluding tert-OH is 1. The number of nitrogens with one attached hydrogen (secondary N) is 1. The van der Waals surface area contributed by atoms with Crippen LogP contribution in [0.1, 0.15) is 25.0 Å². The van der Waals surface area contributed by atoms with Gasteiger partial charge in [0.2, 0.25) is 5.12 Å². The molecule has 2 N–H and O–H groups in total. The van der Waals surface area contributed by atoms with Crippen LogP contribution < -0.4 is 9.46 Å². The van der Waals surface area contributed by atoms with Crippen LogP contribution in [0.2, 0.25) is 0 Å². The van der Waals surface area contributed by atoms with Crippen LogP contribution in [0.5, 0.6) is 5.75 Å². The van der Waals surface area contributed by atoms with Crippen LogP contribution in [0.25, 0.3) is 5.57 Å². The van der Waals surface area contributed by atoms with Crippen molar-refractivity contribution in [1.82, 2.24) is 0 Å². The lowest BCUT2D eigenvalue weighted by Crippen LogP contribution is -2.35. The molecule has 0 saturated carbocycles. The molecule has 2 aromatic carbocycles. The smallest absolute Gasteiger partial charge is 0.243 e. The minimum absolute atomic E-state index is 0.0768. The van der Waals surface area contributed by atoms with Crippen molar-refractivity contribution < 1.29 is 19.0 Å². The van der Waals surface area contributed by atoms with E-state index in [1.807, 2.05) is 6.07 Å². The van der Waals surface area contributed by atoms with E-state index in [1.54, 1.807) is 26.0 Å². The van der Waals surface area contributed by atoms with Gasteiger partial charge in [-0.1, -0.05) is 0 Å². The van der Waals surface area contributed by atoms with Crippen molar-refractivity contribution in [2.45, 2.75) is 19.4 Å². The van der Waals surface area contributed by atoms with Gasteiger partial charge in [0.15, 0.2) is 5.60 Å². The number of benzene rings is 2. The van der Waals surface area contributed by atoms with Crippen LogP contribution in [0.15, 0.2) is 48.2 Å². The molecule has 5 nitrogen and oxygen atoms in total. The normalized spacial score (nSPS) is 14.8. The van der Waals surface area contributed by atoms with Crippen LogP contribution in [-0.2, 0) is 4.79 Å². The van der Waals surface area contributed by atoms with Gasteiger partial charge in [0, 0.05) is 23.2 Å². The van der Waals surface area contributed by atoms with Gasteiger partial charge in [0.05, 0.1) is 17.2 Å². The SMILES string of the molecule is CC1(C)Oc2ccc(C#N)cc2C(C(=O)SNc2ccc(F)cc2)=C1O. The largest absolute Gasteiger partial charge is 0.507 e. The number of fused-ring (bicyclic) bond motifs is 1. The van der Waals surface area contributed by atoms with Crippen molar-refractivity contribution in [2.24, 2.45) is 0 Å². The van der Waals surface area contributed by atoms with Gasteiger partial charge in [0.25, 0.3) is 0 Å². The van der Waals surface area contributed by atoms with Crippen molar-refractivity contribution in [2.75, 3.05) is 4.72 Å². The Kier molecular flexibility index (Phi) is 4.62. The van der Waals surface area contributed by atoms with Gasteiger partial charge in [-0.25, -0.2) is 4.39 Å². The third-order valence-electron chi connectivity index (χ3n) is 3.86. The van der Waals surface area contributed by atoms with E-state index in [1.165, 1.54) is 30.3 Å². The molecule has 0 unspecified atom stereocenters. The molecule has 0 saturated heterocycles. The Morgan fingerprint density at radius 3 is 2.62 bits per heavy atom. The summed E-state index contributed by atoms with van der Waals surface area (Å²) in [4.78, 5) is 12.8. The number of hydrogen-bond donors (Lipinski definition) is 2. The van der Waals surface area contributed by atoms with Crippen molar-refractivity contribution in [1.29, 1.82) is 5.26 Å². The molecule has 2 aromatic rings. The van der Waals surface area contributed by atoms with E-state index in [2.05, 4.69) is 4.72 Å². The summed E-state index contributed by atoms with van der Waals surface area (Å²) in [5.41, 5.74) is 0.249. The fourth-order valence-electron chi connectivity index (χ4n) is 2.52. The minimum Gasteiger partial charge on any atom is -0.507 e. The zero-order chi connectivity index (χ0) is 18.9. The molecule has 0 spiro atoms. The van der Waals surface area contributed by atoms with Crippen LogP contribution in [0.3, 0.4) is 0 Å². The van der Waals surface area contributed by atoms with E-state index < -0.39 is 10.7 Å². The molecule has 132 valence electrons. The molecule has 0 aliphatic carbocycles. The number of halogens is 1. The quantitative estimate of drug-likeness (QED) is 0.778. The lowest BCUT2D eigenvalue weighted by molar-refractivity contribution is -0.106. The predicted molar refractivity (Wildman–Crippen MR) is 98.0 cm³/mol. The number of nitriles is 1. The lowest BCUT2D eigenvalue weighted by atomic mass is 9.92. The number of carbonyl (C=O) groups is 1. The van der Waals surface area contributed by atoms with Gasteiger partial charge >= 0.3 is 0 Å². The zero-order valence-electron chi connectivity index (χ0n) is 14.0. The van der Waals surface area contributed by atoms with Crippen LogP contribution in [0.4, 0.5) is 10.1 Å². The first-order valence-electron chi connectivity index (χ1n) is 7.72. The summed E-state index contributed by atoms with van der Waals surface area (Å²) in [5.74, 6) is -0.174. The van der Waals surface area contributed by atoms with E-state index in [4.69, 9.17) is 10.00 Å². The number of carbonyl (C=O) groups excluding carboxylic acids is 1. The third kappa shape index (κ3) is 3.37. The Morgan fingerprint density at radius 1 is 1.27 bits per heavy atom. The highest BCUT2D eigenvalue weighted by molar-refractivity contribution is 8.15. The summed E-state index contributed by atoms with van der Waals surface area (Å²) < 4.78 is 21.5. The number of rotatable bonds is 3. The maximum absolute atomic E-state index is 13.0. The molecular formula is C19H15FN2O3S. The Hall–Kier alpha value is -2.98. The molecule has 0 amide bonds. The van der Waals surface area contributed by atoms with E-state index in [0.29, 0.717) is 22.6 Å². The lowest BCUT2D eigenvalue weighted by Gasteiger charge is -2.33. The molecular weight excluding hydrogens is 355 g/mol. The summed E-state index contributed by atoms with van der Waals surface area (Å²) in [6, 6.07) is 12.3. The number of nitrogens with zero attached hydrogens (tertiary/aromatic N) is 1. The maximum atomic E-state index is 13.0. The zero-order valence-corrected chi connectivity index (χ0v) is 14.9. The highest BCUT2D eigenvalue weighted by atomic mass is 32.2. The average Bonchev–Trinajstić information content (AvgIpc) is 2.61. The van der Waals surface area contributed by atoms with Gasteiger partial charge in [-0.3, -0.25) is 4.79 Å². The first kappa shape index (κ1) is 17.8. The number of anilines is 1. The van der Waals surface area contributed by atoms with Gasteiger partial charge in [-0.05, 0) is 56.3 Å². The fraction of sp³-hybridized carbons (Fsp3) is 0.158. The molecule has 0 bridgehead atoms. The van der Waals surface area contributed by atoms with E-state index in [9.17, 15) is 14.3 Å². The summed E-state index contributed by atoms with van der Waals surface area (Å²) in [7, 11) is 0. The average molecular weight is 370 g/mol. The second-order valence-electron chi connectivity index (χ2n) is 6.16. The molecule has 0 aromatic heterocycles. The third-order valence-corrected chi connectivity index (χ3v) is 4.59.